The van der Waals surface area contributed by atoms with Crippen LogP contribution in [0.4, 0.5) is 0 Å². The highest BCUT2D eigenvalue weighted by Crippen LogP contribution is 2.26. The largest absolute Gasteiger partial charge is 0.487 e. The molecule has 0 radical (unpaired) electrons. The molecule has 0 saturated heterocycles. The van der Waals surface area contributed by atoms with Crippen molar-refractivity contribution in [2.24, 2.45) is 0 Å². The number of carboxylic acid groups (broad SMARTS) is 1. The van der Waals surface area contributed by atoms with Crippen molar-refractivity contribution >= 4 is 29.5 Å². The SMILES string of the molecule is O=C(NC(CCCC=S)C(=O)O)c1ccc(COc2cccnc2)cc1-c1ccccc1. The molecule has 0 saturated carbocycles. The molecule has 0 aliphatic heterocycles. The third kappa shape index (κ3) is 6.46. The van der Waals surface area contributed by atoms with Crippen LogP contribution in [0.3, 0.4) is 0 Å². The maximum atomic E-state index is 13.0. The van der Waals surface area contributed by atoms with Gasteiger partial charge in [-0.15, -0.1) is 0 Å². The zero-order valence-corrected chi connectivity index (χ0v) is 18.3. The highest BCUT2D eigenvalue weighted by atomic mass is 32.1. The molecule has 1 heterocycles. The van der Waals surface area contributed by atoms with Gasteiger partial charge < -0.3 is 15.2 Å². The van der Waals surface area contributed by atoms with E-state index in [1.165, 1.54) is 0 Å². The molecule has 2 N–H and O–H groups in total. The highest BCUT2D eigenvalue weighted by molar-refractivity contribution is 7.78. The lowest BCUT2D eigenvalue weighted by Crippen LogP contribution is -2.41. The Morgan fingerprint density at radius 2 is 1.94 bits per heavy atom. The van der Waals surface area contributed by atoms with E-state index in [9.17, 15) is 14.7 Å². The number of nitrogens with one attached hydrogen (secondary N) is 1. The van der Waals surface area contributed by atoms with Gasteiger partial charge >= 0.3 is 5.97 Å². The number of ether oxygens (including phenoxy) is 1. The van der Waals surface area contributed by atoms with Gasteiger partial charge in [0.1, 0.15) is 18.4 Å². The molecule has 2 aromatic carbocycles. The summed E-state index contributed by atoms with van der Waals surface area (Å²) in [5, 5.41) is 13.7. The average Bonchev–Trinajstić information content (AvgIpc) is 2.83. The van der Waals surface area contributed by atoms with Crippen LogP contribution in [0, 0.1) is 0 Å². The van der Waals surface area contributed by atoms with Crippen molar-refractivity contribution in [3.8, 4) is 16.9 Å². The number of amides is 1. The Bertz CT molecular complexity index is 1060. The van der Waals surface area contributed by atoms with Crippen molar-refractivity contribution in [2.75, 3.05) is 0 Å². The summed E-state index contributed by atoms with van der Waals surface area (Å²) in [5.41, 5.74) is 2.84. The van der Waals surface area contributed by atoms with Gasteiger partial charge in [0.15, 0.2) is 0 Å². The van der Waals surface area contributed by atoms with Crippen LogP contribution in [0.15, 0.2) is 73.1 Å². The summed E-state index contributed by atoms with van der Waals surface area (Å²) in [5.74, 6) is -0.847. The zero-order chi connectivity index (χ0) is 22.8. The predicted octanol–water partition coefficient (Wildman–Crippen LogP) is 4.68. The number of carboxylic acids is 1. The maximum absolute atomic E-state index is 13.0. The molecule has 0 aliphatic carbocycles. The molecule has 0 aliphatic rings. The molecule has 3 rings (SSSR count). The molecule has 164 valence electrons. The van der Waals surface area contributed by atoms with E-state index in [1.54, 1.807) is 36.0 Å². The summed E-state index contributed by atoms with van der Waals surface area (Å²) >= 11 is 4.80. The first-order valence-electron chi connectivity index (χ1n) is 10.3. The van der Waals surface area contributed by atoms with Gasteiger partial charge in [-0.3, -0.25) is 9.78 Å². The van der Waals surface area contributed by atoms with Gasteiger partial charge in [0, 0.05) is 11.8 Å². The lowest BCUT2D eigenvalue weighted by molar-refractivity contribution is -0.139. The summed E-state index contributed by atoms with van der Waals surface area (Å²) in [7, 11) is 0. The first kappa shape index (κ1) is 23.1. The smallest absolute Gasteiger partial charge is 0.326 e. The minimum Gasteiger partial charge on any atom is -0.487 e. The molecular weight excluding hydrogens is 424 g/mol. The van der Waals surface area contributed by atoms with E-state index in [1.807, 2.05) is 42.5 Å². The first-order valence-corrected chi connectivity index (χ1v) is 10.7. The van der Waals surface area contributed by atoms with Crippen molar-refractivity contribution in [3.05, 3.63) is 84.2 Å². The third-order valence-corrected chi connectivity index (χ3v) is 5.11. The number of benzene rings is 2. The molecule has 0 spiro atoms. The van der Waals surface area contributed by atoms with Crippen molar-refractivity contribution in [1.29, 1.82) is 0 Å². The van der Waals surface area contributed by atoms with Crippen LogP contribution in [0.5, 0.6) is 5.75 Å². The molecule has 32 heavy (non-hydrogen) atoms. The van der Waals surface area contributed by atoms with Crippen LogP contribution >= 0.6 is 12.2 Å². The molecule has 1 amide bonds. The quantitative estimate of drug-likeness (QED) is 0.327. The Hall–Kier alpha value is -3.58. The van der Waals surface area contributed by atoms with Crippen LogP contribution in [0.25, 0.3) is 11.1 Å². The Morgan fingerprint density at radius 1 is 1.12 bits per heavy atom. The first-order chi connectivity index (χ1) is 15.6. The Kier molecular flexibility index (Phi) is 8.45. The fourth-order valence-corrected chi connectivity index (χ4v) is 3.40. The number of aromatic nitrogens is 1. The fraction of sp³-hybridized carbons (Fsp3) is 0.200. The van der Waals surface area contributed by atoms with Crippen LogP contribution < -0.4 is 10.1 Å². The molecular formula is C25H24N2O4S. The number of rotatable bonds is 11. The summed E-state index contributed by atoms with van der Waals surface area (Å²) in [6, 6.07) is 17.5. The van der Waals surface area contributed by atoms with E-state index in [2.05, 4.69) is 10.3 Å². The number of thiocarbonyl (C=S) groups is 1. The van der Waals surface area contributed by atoms with E-state index in [4.69, 9.17) is 17.0 Å². The molecule has 7 heteroatoms. The molecule has 6 nitrogen and oxygen atoms in total. The number of aliphatic carboxylic acids is 1. The van der Waals surface area contributed by atoms with Crippen LogP contribution in [0.1, 0.15) is 35.2 Å². The number of unbranched alkanes of at least 4 members (excludes halogenated alkanes) is 1. The van der Waals surface area contributed by atoms with Gasteiger partial charge in [0.25, 0.3) is 5.91 Å². The fourth-order valence-electron chi connectivity index (χ4n) is 3.23. The summed E-state index contributed by atoms with van der Waals surface area (Å²) < 4.78 is 5.78. The van der Waals surface area contributed by atoms with Crippen LogP contribution in [-0.4, -0.2) is 33.4 Å². The third-order valence-electron chi connectivity index (χ3n) is 4.87. The van der Waals surface area contributed by atoms with Gasteiger partial charge in [0.05, 0.1) is 6.20 Å². The van der Waals surface area contributed by atoms with Crippen molar-refractivity contribution < 1.29 is 19.4 Å². The molecule has 1 atom stereocenters. The minimum absolute atomic E-state index is 0.308. The second kappa shape index (κ2) is 11.7. The number of pyridine rings is 1. The number of carbonyl (C=O) groups excluding carboxylic acids is 1. The number of carbonyl (C=O) groups is 2. The molecule has 0 bridgehead atoms. The van der Waals surface area contributed by atoms with Gasteiger partial charge in [-0.2, -0.15) is 0 Å². The van der Waals surface area contributed by atoms with E-state index in [-0.39, 0.29) is 0 Å². The summed E-state index contributed by atoms with van der Waals surface area (Å²) in [6.07, 6.45) is 4.84. The van der Waals surface area contributed by atoms with Gasteiger partial charge in [-0.1, -0.05) is 48.6 Å². The predicted molar refractivity (Wildman–Crippen MR) is 127 cm³/mol. The standard InChI is InChI=1S/C25H24N2O4S/c28-24(27-23(25(29)30)10-4-5-14-32)21-12-11-18(17-31-20-9-6-13-26-16-20)15-22(21)19-7-2-1-3-8-19/h1-3,6-9,11-16,23H,4-5,10,17H2,(H,27,28)(H,29,30). The van der Waals surface area contributed by atoms with Crippen LogP contribution in [0.2, 0.25) is 0 Å². The number of hydrogen-bond acceptors (Lipinski definition) is 5. The Labute approximate surface area is 192 Å². The van der Waals surface area contributed by atoms with Gasteiger partial charge in [-0.25, -0.2) is 4.79 Å². The molecule has 1 unspecified atom stereocenters. The minimum atomic E-state index is -1.06. The van der Waals surface area contributed by atoms with E-state index >= 15 is 0 Å². The van der Waals surface area contributed by atoms with Crippen molar-refractivity contribution in [3.63, 3.8) is 0 Å². The number of hydrogen-bond donors (Lipinski definition) is 2. The average molecular weight is 449 g/mol. The summed E-state index contributed by atoms with van der Waals surface area (Å²) in [4.78, 5) is 28.7. The lowest BCUT2D eigenvalue weighted by atomic mass is 9.96. The van der Waals surface area contributed by atoms with Gasteiger partial charge in [-0.05, 0) is 65.6 Å². The normalized spacial score (nSPS) is 11.4. The monoisotopic (exact) mass is 448 g/mol. The van der Waals surface area contributed by atoms with E-state index in [0.29, 0.717) is 42.7 Å². The van der Waals surface area contributed by atoms with Crippen molar-refractivity contribution in [1.82, 2.24) is 10.3 Å². The second-order valence-electron chi connectivity index (χ2n) is 7.19. The van der Waals surface area contributed by atoms with E-state index in [0.717, 1.165) is 11.1 Å². The molecule has 0 fully saturated rings. The molecule has 3 aromatic rings. The number of nitrogens with zero attached hydrogens (tertiary/aromatic N) is 1. The highest BCUT2D eigenvalue weighted by Gasteiger charge is 2.22. The molecule has 1 aromatic heterocycles. The zero-order valence-electron chi connectivity index (χ0n) is 17.4. The van der Waals surface area contributed by atoms with Gasteiger partial charge in [0.2, 0.25) is 0 Å². The second-order valence-corrected chi connectivity index (χ2v) is 7.52. The summed E-state index contributed by atoms with van der Waals surface area (Å²) in [6.45, 7) is 0.308. The Balaban J connectivity index is 1.84. The topological polar surface area (TPSA) is 88.5 Å². The van der Waals surface area contributed by atoms with E-state index < -0.39 is 17.9 Å². The maximum Gasteiger partial charge on any atom is 0.326 e. The Morgan fingerprint density at radius 3 is 2.62 bits per heavy atom. The van der Waals surface area contributed by atoms with Crippen LogP contribution in [-0.2, 0) is 11.4 Å². The van der Waals surface area contributed by atoms with Crippen molar-refractivity contribution in [2.45, 2.75) is 31.9 Å². The lowest BCUT2D eigenvalue weighted by Gasteiger charge is -2.17.